The molecule has 5 heteroatoms. The van der Waals surface area contributed by atoms with E-state index in [1.165, 1.54) is 0 Å². The third kappa shape index (κ3) is 1.44. The van der Waals surface area contributed by atoms with Crippen molar-refractivity contribution < 1.29 is 9.90 Å². The molecule has 0 bridgehead atoms. The zero-order valence-corrected chi connectivity index (χ0v) is 9.40. The Morgan fingerprint density at radius 1 is 1.50 bits per heavy atom. The van der Waals surface area contributed by atoms with Gasteiger partial charge in [-0.3, -0.25) is 5.10 Å². The van der Waals surface area contributed by atoms with E-state index in [0.29, 0.717) is 16.9 Å². The van der Waals surface area contributed by atoms with E-state index in [1.54, 1.807) is 13.1 Å². The van der Waals surface area contributed by atoms with Crippen LogP contribution in [0.1, 0.15) is 41.4 Å². The molecule has 5 nitrogen and oxygen atoms in total. The zero-order chi connectivity index (χ0) is 11.9. The topological polar surface area (TPSA) is 78.9 Å². The molecule has 0 aromatic carbocycles. The first kappa shape index (κ1) is 10.6. The summed E-state index contributed by atoms with van der Waals surface area (Å²) in [6, 6.07) is 0. The van der Waals surface area contributed by atoms with E-state index in [2.05, 4.69) is 15.2 Å². The molecule has 0 saturated carbocycles. The molecule has 84 valence electrons. The second-order valence-electron chi connectivity index (χ2n) is 4.08. The highest BCUT2D eigenvalue weighted by Crippen LogP contribution is 2.28. The number of carbonyl (C=O) groups is 1. The number of aromatic nitrogens is 3. The Balaban J connectivity index is 2.90. The highest BCUT2D eigenvalue weighted by atomic mass is 16.4. The number of fused-ring (bicyclic) bond motifs is 1. The number of aryl methyl sites for hydroxylation is 1. The Morgan fingerprint density at radius 2 is 2.19 bits per heavy atom. The number of carboxylic acids is 1. The summed E-state index contributed by atoms with van der Waals surface area (Å²) in [5.41, 5.74) is 2.26. The van der Waals surface area contributed by atoms with Crippen molar-refractivity contribution in [2.45, 2.75) is 26.7 Å². The summed E-state index contributed by atoms with van der Waals surface area (Å²) >= 11 is 0. The normalized spacial score (nSPS) is 11.2. The van der Waals surface area contributed by atoms with Crippen LogP contribution in [0.15, 0.2) is 6.20 Å². The lowest BCUT2D eigenvalue weighted by Gasteiger charge is -2.12. The average molecular weight is 219 g/mol. The number of rotatable bonds is 2. The maximum absolute atomic E-state index is 11.2. The van der Waals surface area contributed by atoms with Crippen molar-refractivity contribution in [3.8, 4) is 0 Å². The van der Waals surface area contributed by atoms with Crippen molar-refractivity contribution in [3.05, 3.63) is 23.0 Å². The maximum atomic E-state index is 11.2. The van der Waals surface area contributed by atoms with Crippen LogP contribution < -0.4 is 0 Å². The number of H-pyrrole nitrogens is 1. The number of nitrogens with one attached hydrogen (secondary N) is 1. The van der Waals surface area contributed by atoms with Crippen LogP contribution in [0, 0.1) is 6.92 Å². The molecule has 0 spiro atoms. The minimum atomic E-state index is -0.934. The molecule has 0 amide bonds. The quantitative estimate of drug-likeness (QED) is 0.810. The highest BCUT2D eigenvalue weighted by molar-refractivity contribution is 5.96. The molecular weight excluding hydrogens is 206 g/mol. The number of hydrogen-bond donors (Lipinski definition) is 2. The monoisotopic (exact) mass is 219 g/mol. The molecule has 2 rings (SSSR count). The summed E-state index contributed by atoms with van der Waals surface area (Å²) in [5.74, 6) is -0.815. The van der Waals surface area contributed by atoms with Gasteiger partial charge in [0.25, 0.3) is 0 Å². The van der Waals surface area contributed by atoms with Crippen molar-refractivity contribution in [2.75, 3.05) is 0 Å². The van der Waals surface area contributed by atoms with Crippen LogP contribution >= 0.6 is 0 Å². The smallest absolute Gasteiger partial charge is 0.337 e. The molecule has 2 N–H and O–H groups in total. The summed E-state index contributed by atoms with van der Waals surface area (Å²) in [5, 5.41) is 16.7. The number of pyridine rings is 1. The van der Waals surface area contributed by atoms with E-state index in [0.717, 1.165) is 10.9 Å². The summed E-state index contributed by atoms with van der Waals surface area (Å²) in [7, 11) is 0. The van der Waals surface area contributed by atoms with Gasteiger partial charge in [0, 0.05) is 5.39 Å². The summed E-state index contributed by atoms with van der Waals surface area (Å²) in [4.78, 5) is 15.4. The van der Waals surface area contributed by atoms with E-state index >= 15 is 0 Å². The average Bonchev–Trinajstić information content (AvgIpc) is 2.61. The first-order valence-electron chi connectivity index (χ1n) is 5.09. The number of carboxylic acid groups (broad SMARTS) is 1. The van der Waals surface area contributed by atoms with Crippen LogP contribution in [0.25, 0.3) is 11.0 Å². The fourth-order valence-electron chi connectivity index (χ4n) is 1.98. The van der Waals surface area contributed by atoms with Crippen molar-refractivity contribution in [1.82, 2.24) is 15.2 Å². The van der Waals surface area contributed by atoms with Crippen molar-refractivity contribution in [1.29, 1.82) is 0 Å². The second-order valence-corrected chi connectivity index (χ2v) is 4.08. The van der Waals surface area contributed by atoms with E-state index in [1.807, 2.05) is 13.8 Å². The predicted octanol–water partition coefficient (Wildman–Crippen LogP) is 2.09. The van der Waals surface area contributed by atoms with E-state index < -0.39 is 5.97 Å². The lowest BCUT2D eigenvalue weighted by atomic mass is 9.94. The van der Waals surface area contributed by atoms with Crippen LogP contribution in [-0.2, 0) is 0 Å². The Bertz CT molecular complexity index is 558. The molecule has 0 aliphatic carbocycles. The van der Waals surface area contributed by atoms with Gasteiger partial charge in [-0.15, -0.1) is 0 Å². The maximum Gasteiger partial charge on any atom is 0.337 e. The first-order chi connectivity index (χ1) is 7.52. The van der Waals surface area contributed by atoms with Crippen LogP contribution in [0.5, 0.6) is 0 Å². The molecule has 0 saturated heterocycles. The van der Waals surface area contributed by atoms with E-state index in [-0.39, 0.29) is 5.92 Å². The molecule has 0 unspecified atom stereocenters. The lowest BCUT2D eigenvalue weighted by molar-refractivity contribution is 0.0694. The molecule has 0 fully saturated rings. The van der Waals surface area contributed by atoms with E-state index in [9.17, 15) is 9.90 Å². The van der Waals surface area contributed by atoms with Gasteiger partial charge in [0.05, 0.1) is 17.5 Å². The molecule has 0 atom stereocenters. The Kier molecular flexibility index (Phi) is 2.38. The van der Waals surface area contributed by atoms with Crippen molar-refractivity contribution >= 4 is 17.0 Å². The fraction of sp³-hybridized carbons (Fsp3) is 0.364. The van der Waals surface area contributed by atoms with Crippen LogP contribution in [0.3, 0.4) is 0 Å². The van der Waals surface area contributed by atoms with Crippen molar-refractivity contribution in [2.24, 2.45) is 0 Å². The molecule has 0 radical (unpaired) electrons. The predicted molar refractivity (Wildman–Crippen MR) is 59.7 cm³/mol. The minimum Gasteiger partial charge on any atom is -0.478 e. The number of nitrogens with zero attached hydrogens (tertiary/aromatic N) is 2. The summed E-state index contributed by atoms with van der Waals surface area (Å²) in [6.45, 7) is 5.64. The van der Waals surface area contributed by atoms with Crippen molar-refractivity contribution in [3.63, 3.8) is 0 Å². The van der Waals surface area contributed by atoms with Gasteiger partial charge in [0.2, 0.25) is 0 Å². The molecule has 2 aromatic heterocycles. The van der Waals surface area contributed by atoms with Crippen LogP contribution in [0.4, 0.5) is 0 Å². The third-order valence-electron chi connectivity index (χ3n) is 2.61. The standard InChI is InChI=1S/C11H13N3O2/c1-5(2)8-7-4-12-14-10(7)13-6(3)9(8)11(15)16/h4-5H,1-3H3,(H,15,16)(H,12,13,14). The summed E-state index contributed by atoms with van der Waals surface area (Å²) in [6.07, 6.45) is 1.63. The molecule has 0 aliphatic rings. The van der Waals surface area contributed by atoms with Crippen LogP contribution in [-0.4, -0.2) is 26.3 Å². The van der Waals surface area contributed by atoms with Crippen LogP contribution in [0.2, 0.25) is 0 Å². The van der Waals surface area contributed by atoms with Gasteiger partial charge in [-0.1, -0.05) is 13.8 Å². The summed E-state index contributed by atoms with van der Waals surface area (Å²) < 4.78 is 0. The third-order valence-corrected chi connectivity index (χ3v) is 2.61. The molecule has 2 aromatic rings. The van der Waals surface area contributed by atoms with E-state index in [4.69, 9.17) is 0 Å². The van der Waals surface area contributed by atoms with Gasteiger partial charge in [-0.05, 0) is 18.4 Å². The zero-order valence-electron chi connectivity index (χ0n) is 9.40. The number of hydrogen-bond acceptors (Lipinski definition) is 3. The SMILES string of the molecule is Cc1nc2[nH]ncc2c(C(C)C)c1C(=O)O. The minimum absolute atomic E-state index is 0.118. The van der Waals surface area contributed by atoms with Gasteiger partial charge in [0.15, 0.2) is 5.65 Å². The van der Waals surface area contributed by atoms with Gasteiger partial charge < -0.3 is 5.11 Å². The van der Waals surface area contributed by atoms with Gasteiger partial charge in [-0.25, -0.2) is 9.78 Å². The number of aromatic carboxylic acids is 1. The molecule has 16 heavy (non-hydrogen) atoms. The first-order valence-corrected chi connectivity index (χ1v) is 5.09. The fourth-order valence-corrected chi connectivity index (χ4v) is 1.98. The molecule has 2 heterocycles. The Labute approximate surface area is 92.5 Å². The molecular formula is C11H13N3O2. The Hall–Kier alpha value is -1.91. The highest BCUT2D eigenvalue weighted by Gasteiger charge is 2.21. The Morgan fingerprint density at radius 3 is 2.75 bits per heavy atom. The lowest BCUT2D eigenvalue weighted by Crippen LogP contribution is -2.09. The van der Waals surface area contributed by atoms with Gasteiger partial charge >= 0.3 is 5.97 Å². The number of aromatic amines is 1. The second kappa shape index (κ2) is 3.59. The van der Waals surface area contributed by atoms with Gasteiger partial charge in [-0.2, -0.15) is 5.10 Å². The van der Waals surface area contributed by atoms with Gasteiger partial charge in [0.1, 0.15) is 0 Å². The largest absolute Gasteiger partial charge is 0.478 e. The molecule has 0 aliphatic heterocycles.